The number of rotatable bonds is 3. The van der Waals surface area contributed by atoms with Crippen LogP contribution in [-0.2, 0) is 6.42 Å². The van der Waals surface area contributed by atoms with Gasteiger partial charge in [0.2, 0.25) is 0 Å². The van der Waals surface area contributed by atoms with E-state index >= 15 is 0 Å². The summed E-state index contributed by atoms with van der Waals surface area (Å²) in [6.07, 6.45) is 0.546. The SMILES string of the molecule is CC1(C)C(C(N)Cc2cc(Cl)ccc2F)C1(C)C. The summed E-state index contributed by atoms with van der Waals surface area (Å²) in [5, 5.41) is 0.563. The summed E-state index contributed by atoms with van der Waals surface area (Å²) in [7, 11) is 0. The molecule has 1 aliphatic carbocycles. The van der Waals surface area contributed by atoms with E-state index in [-0.39, 0.29) is 22.7 Å². The first kappa shape index (κ1) is 13.8. The fourth-order valence-electron chi connectivity index (χ4n) is 3.39. The maximum Gasteiger partial charge on any atom is 0.126 e. The van der Waals surface area contributed by atoms with Crippen molar-refractivity contribution in [1.82, 2.24) is 0 Å². The van der Waals surface area contributed by atoms with E-state index in [4.69, 9.17) is 17.3 Å². The topological polar surface area (TPSA) is 26.0 Å². The normalized spacial score (nSPS) is 22.8. The number of hydrogen-bond donors (Lipinski definition) is 1. The summed E-state index contributed by atoms with van der Waals surface area (Å²) in [6.45, 7) is 8.91. The van der Waals surface area contributed by atoms with Gasteiger partial charge in [0.15, 0.2) is 0 Å². The van der Waals surface area contributed by atoms with Gasteiger partial charge in [0.05, 0.1) is 0 Å². The lowest BCUT2D eigenvalue weighted by molar-refractivity contribution is 0.457. The molecule has 1 saturated carbocycles. The summed E-state index contributed by atoms with van der Waals surface area (Å²) >= 11 is 5.90. The van der Waals surface area contributed by atoms with E-state index in [1.165, 1.54) is 6.07 Å². The Kier molecular flexibility index (Phi) is 3.23. The van der Waals surface area contributed by atoms with Crippen LogP contribution < -0.4 is 5.73 Å². The van der Waals surface area contributed by atoms with Gasteiger partial charge in [-0.2, -0.15) is 0 Å². The molecule has 0 bridgehead atoms. The first-order valence-corrected chi connectivity index (χ1v) is 6.75. The fourth-order valence-corrected chi connectivity index (χ4v) is 3.58. The highest BCUT2D eigenvalue weighted by atomic mass is 35.5. The van der Waals surface area contributed by atoms with E-state index in [1.54, 1.807) is 12.1 Å². The minimum Gasteiger partial charge on any atom is -0.327 e. The molecule has 0 heterocycles. The van der Waals surface area contributed by atoms with Gasteiger partial charge < -0.3 is 5.73 Å². The van der Waals surface area contributed by atoms with E-state index in [0.29, 0.717) is 22.9 Å². The van der Waals surface area contributed by atoms with Crippen LogP contribution in [0.5, 0.6) is 0 Å². The van der Waals surface area contributed by atoms with Gasteiger partial charge in [-0.25, -0.2) is 4.39 Å². The first-order chi connectivity index (χ1) is 8.18. The Morgan fingerprint density at radius 3 is 2.33 bits per heavy atom. The van der Waals surface area contributed by atoms with Crippen molar-refractivity contribution in [3.63, 3.8) is 0 Å². The Morgan fingerprint density at radius 2 is 1.83 bits per heavy atom. The lowest BCUT2D eigenvalue weighted by Crippen LogP contribution is -2.28. The molecule has 1 aromatic rings. The number of benzene rings is 1. The van der Waals surface area contributed by atoms with Crippen molar-refractivity contribution in [3.8, 4) is 0 Å². The summed E-state index contributed by atoms with van der Waals surface area (Å²) in [4.78, 5) is 0. The van der Waals surface area contributed by atoms with Crippen molar-refractivity contribution in [3.05, 3.63) is 34.6 Å². The molecule has 1 aromatic carbocycles. The highest BCUT2D eigenvalue weighted by Gasteiger charge is 2.66. The Labute approximate surface area is 114 Å². The zero-order chi connectivity index (χ0) is 13.7. The van der Waals surface area contributed by atoms with Crippen molar-refractivity contribution in [1.29, 1.82) is 0 Å². The number of nitrogens with two attached hydrogens (primary N) is 1. The van der Waals surface area contributed by atoms with Gasteiger partial charge in [0.25, 0.3) is 0 Å². The smallest absolute Gasteiger partial charge is 0.126 e. The molecular formula is C15H21ClFN. The van der Waals surface area contributed by atoms with Gasteiger partial charge in [-0.05, 0) is 46.9 Å². The number of halogens is 2. The third-order valence-electron chi connectivity index (χ3n) is 5.02. The minimum atomic E-state index is -0.217. The van der Waals surface area contributed by atoms with Crippen LogP contribution >= 0.6 is 11.6 Å². The molecule has 1 fully saturated rings. The quantitative estimate of drug-likeness (QED) is 0.881. The molecule has 0 spiro atoms. The van der Waals surface area contributed by atoms with Crippen LogP contribution in [0, 0.1) is 22.6 Å². The summed E-state index contributed by atoms with van der Waals surface area (Å²) in [6, 6.07) is 4.63. The van der Waals surface area contributed by atoms with Crippen molar-refractivity contribution in [2.24, 2.45) is 22.5 Å². The van der Waals surface area contributed by atoms with Crippen LogP contribution in [0.25, 0.3) is 0 Å². The maximum absolute atomic E-state index is 13.7. The molecule has 3 heteroatoms. The molecule has 1 unspecified atom stereocenters. The van der Waals surface area contributed by atoms with Gasteiger partial charge in [-0.15, -0.1) is 0 Å². The molecule has 18 heavy (non-hydrogen) atoms. The van der Waals surface area contributed by atoms with Crippen LogP contribution in [0.4, 0.5) is 4.39 Å². The van der Waals surface area contributed by atoms with Crippen molar-refractivity contribution < 1.29 is 4.39 Å². The first-order valence-electron chi connectivity index (χ1n) is 6.37. The average Bonchev–Trinajstić information content (AvgIpc) is 2.63. The van der Waals surface area contributed by atoms with Gasteiger partial charge in [0, 0.05) is 11.1 Å². The molecule has 1 atom stereocenters. The standard InChI is InChI=1S/C15H21ClFN/c1-14(2)13(15(14,3)4)12(18)8-9-7-10(16)5-6-11(9)17/h5-7,12-13H,8,18H2,1-4H3. The average molecular weight is 270 g/mol. The third-order valence-corrected chi connectivity index (χ3v) is 5.26. The van der Waals surface area contributed by atoms with Crippen molar-refractivity contribution >= 4 is 11.6 Å². The van der Waals surface area contributed by atoms with E-state index in [2.05, 4.69) is 27.7 Å². The lowest BCUT2D eigenvalue weighted by atomic mass is 9.97. The van der Waals surface area contributed by atoms with Crippen LogP contribution in [0.1, 0.15) is 33.3 Å². The molecule has 1 aliphatic rings. The van der Waals surface area contributed by atoms with Gasteiger partial charge in [0.1, 0.15) is 5.82 Å². The number of hydrogen-bond acceptors (Lipinski definition) is 1. The van der Waals surface area contributed by atoms with Crippen molar-refractivity contribution in [2.75, 3.05) is 0 Å². The van der Waals surface area contributed by atoms with E-state index in [9.17, 15) is 4.39 Å². The van der Waals surface area contributed by atoms with E-state index < -0.39 is 0 Å². The Balaban J connectivity index is 2.14. The Bertz CT molecular complexity index is 454. The maximum atomic E-state index is 13.7. The molecule has 2 rings (SSSR count). The fraction of sp³-hybridized carbons (Fsp3) is 0.600. The van der Waals surface area contributed by atoms with Gasteiger partial charge in [-0.1, -0.05) is 39.3 Å². The summed E-state index contributed by atoms with van der Waals surface area (Å²) in [5.74, 6) is 0.203. The molecule has 1 nitrogen and oxygen atoms in total. The van der Waals surface area contributed by atoms with Crippen LogP contribution in [0.2, 0.25) is 5.02 Å². The molecule has 0 aromatic heterocycles. The predicted molar refractivity (Wildman–Crippen MR) is 74.1 cm³/mol. The highest BCUT2D eigenvalue weighted by Crippen LogP contribution is 2.69. The van der Waals surface area contributed by atoms with Crippen LogP contribution in [0.3, 0.4) is 0 Å². The van der Waals surface area contributed by atoms with Crippen molar-refractivity contribution in [2.45, 2.75) is 40.2 Å². The summed E-state index contributed by atoms with van der Waals surface area (Å²) in [5.41, 5.74) is 7.34. The van der Waals surface area contributed by atoms with E-state index in [1.807, 2.05) is 0 Å². The molecule has 0 amide bonds. The molecule has 0 aliphatic heterocycles. The van der Waals surface area contributed by atoms with Gasteiger partial charge in [-0.3, -0.25) is 0 Å². The second-order valence-corrected chi connectivity index (χ2v) is 6.96. The molecule has 100 valence electrons. The second kappa shape index (κ2) is 4.21. The molecule has 0 saturated heterocycles. The molecule has 2 N–H and O–H groups in total. The monoisotopic (exact) mass is 269 g/mol. The summed E-state index contributed by atoms with van der Waals surface area (Å²) < 4.78 is 13.7. The zero-order valence-corrected chi connectivity index (χ0v) is 12.2. The lowest BCUT2D eigenvalue weighted by Gasteiger charge is -2.14. The predicted octanol–water partition coefficient (Wildman–Crippen LogP) is 4.03. The van der Waals surface area contributed by atoms with E-state index in [0.717, 1.165) is 0 Å². The van der Waals surface area contributed by atoms with Crippen LogP contribution in [0.15, 0.2) is 18.2 Å². The molecule has 0 radical (unpaired) electrons. The zero-order valence-electron chi connectivity index (χ0n) is 11.4. The Hall–Kier alpha value is -0.600. The largest absolute Gasteiger partial charge is 0.327 e. The minimum absolute atomic E-state index is 0.0250. The third kappa shape index (κ3) is 2.06. The highest BCUT2D eigenvalue weighted by molar-refractivity contribution is 6.30. The Morgan fingerprint density at radius 1 is 1.28 bits per heavy atom. The van der Waals surface area contributed by atoms with Gasteiger partial charge >= 0.3 is 0 Å². The molecular weight excluding hydrogens is 249 g/mol. The second-order valence-electron chi connectivity index (χ2n) is 6.52. The van der Waals surface area contributed by atoms with Crippen LogP contribution in [-0.4, -0.2) is 6.04 Å².